The molecule has 1 aliphatic rings. The minimum atomic E-state index is -0.421. The third-order valence-corrected chi connectivity index (χ3v) is 3.29. The van der Waals surface area contributed by atoms with Crippen LogP contribution in [0.2, 0.25) is 5.02 Å². The molecule has 1 fully saturated rings. The van der Waals surface area contributed by atoms with Gasteiger partial charge in [0.2, 0.25) is 5.91 Å². The number of carbonyl (C=O) groups excluding carboxylic acids is 1. The summed E-state index contributed by atoms with van der Waals surface area (Å²) in [5.41, 5.74) is 1.19. The van der Waals surface area contributed by atoms with Gasteiger partial charge in [0.1, 0.15) is 5.82 Å². The van der Waals surface area contributed by atoms with Gasteiger partial charge in [-0.2, -0.15) is 0 Å². The quantitative estimate of drug-likeness (QED) is 0.779. The van der Waals surface area contributed by atoms with Crippen molar-refractivity contribution in [3.63, 3.8) is 0 Å². The summed E-state index contributed by atoms with van der Waals surface area (Å²) < 4.78 is 13.5. The van der Waals surface area contributed by atoms with E-state index in [2.05, 4.69) is 0 Å². The second-order valence-electron chi connectivity index (χ2n) is 4.06. The summed E-state index contributed by atoms with van der Waals surface area (Å²) in [6.45, 7) is 3.31. The van der Waals surface area contributed by atoms with E-state index in [-0.39, 0.29) is 17.4 Å². The molecular formula is C12H13ClFNO. The minimum absolute atomic E-state index is 0.0658. The molecule has 1 heterocycles. The van der Waals surface area contributed by atoms with E-state index >= 15 is 0 Å². The summed E-state index contributed by atoms with van der Waals surface area (Å²) in [6, 6.07) is 3.22. The monoisotopic (exact) mass is 241 g/mol. The van der Waals surface area contributed by atoms with Gasteiger partial charge in [-0.1, -0.05) is 17.7 Å². The Bertz CT molecular complexity index is 429. The molecule has 0 atom stereocenters. The molecule has 4 heteroatoms. The Morgan fingerprint density at radius 2 is 2.19 bits per heavy atom. The van der Waals surface area contributed by atoms with Crippen molar-refractivity contribution < 1.29 is 9.18 Å². The molecular weight excluding hydrogens is 229 g/mol. The molecule has 0 spiro atoms. The third kappa shape index (κ3) is 2.05. The fourth-order valence-electron chi connectivity index (χ4n) is 1.72. The maximum Gasteiger partial charge on any atom is 0.227 e. The Morgan fingerprint density at radius 3 is 2.75 bits per heavy atom. The molecule has 1 aromatic carbocycles. The van der Waals surface area contributed by atoms with Crippen LogP contribution in [0.1, 0.15) is 17.5 Å². The third-order valence-electron chi connectivity index (χ3n) is 3.00. The van der Waals surface area contributed by atoms with E-state index in [0.717, 1.165) is 25.1 Å². The second-order valence-corrected chi connectivity index (χ2v) is 4.46. The van der Waals surface area contributed by atoms with Gasteiger partial charge in [0.15, 0.2) is 0 Å². The summed E-state index contributed by atoms with van der Waals surface area (Å²) in [5, 5.41) is 0.109. The maximum absolute atomic E-state index is 13.5. The summed E-state index contributed by atoms with van der Waals surface area (Å²) in [7, 11) is 0. The van der Waals surface area contributed by atoms with Gasteiger partial charge in [0, 0.05) is 13.1 Å². The average molecular weight is 242 g/mol. The zero-order valence-electron chi connectivity index (χ0n) is 9.09. The number of halogens is 2. The van der Waals surface area contributed by atoms with Crippen LogP contribution in [-0.4, -0.2) is 23.9 Å². The first-order valence-electron chi connectivity index (χ1n) is 5.31. The minimum Gasteiger partial charge on any atom is -0.342 e. The van der Waals surface area contributed by atoms with Gasteiger partial charge in [-0.25, -0.2) is 4.39 Å². The molecule has 86 valence electrons. The summed E-state index contributed by atoms with van der Waals surface area (Å²) in [4.78, 5) is 13.5. The van der Waals surface area contributed by atoms with Crippen LogP contribution < -0.4 is 0 Å². The van der Waals surface area contributed by atoms with E-state index in [1.165, 1.54) is 6.07 Å². The number of benzene rings is 1. The lowest BCUT2D eigenvalue weighted by Gasteiger charge is -2.31. The highest BCUT2D eigenvalue weighted by Crippen LogP contribution is 2.22. The van der Waals surface area contributed by atoms with Crippen molar-refractivity contribution in [3.05, 3.63) is 34.1 Å². The Hall–Kier alpha value is -1.09. The van der Waals surface area contributed by atoms with Gasteiger partial charge in [-0.3, -0.25) is 4.79 Å². The van der Waals surface area contributed by atoms with E-state index in [9.17, 15) is 9.18 Å². The first kappa shape index (κ1) is 11.4. The van der Waals surface area contributed by atoms with Gasteiger partial charge in [-0.15, -0.1) is 0 Å². The van der Waals surface area contributed by atoms with Gasteiger partial charge >= 0.3 is 0 Å². The van der Waals surface area contributed by atoms with Crippen LogP contribution in [0.3, 0.4) is 0 Å². The molecule has 1 saturated heterocycles. The molecule has 1 aromatic rings. The predicted molar refractivity (Wildman–Crippen MR) is 61.0 cm³/mol. The highest BCUT2D eigenvalue weighted by molar-refractivity contribution is 6.30. The first-order valence-corrected chi connectivity index (χ1v) is 5.68. The van der Waals surface area contributed by atoms with Gasteiger partial charge in [-0.05, 0) is 30.5 Å². The summed E-state index contributed by atoms with van der Waals surface area (Å²) >= 11 is 5.65. The number of hydrogen-bond donors (Lipinski definition) is 0. The first-order chi connectivity index (χ1) is 7.59. The van der Waals surface area contributed by atoms with Crippen molar-refractivity contribution in [2.75, 3.05) is 13.1 Å². The Balaban J connectivity index is 2.15. The largest absolute Gasteiger partial charge is 0.342 e. The normalized spacial score (nSPS) is 14.8. The maximum atomic E-state index is 13.5. The number of carbonyl (C=O) groups is 1. The number of nitrogens with zero attached hydrogens (tertiary/aromatic N) is 1. The van der Waals surface area contributed by atoms with Crippen LogP contribution in [0.25, 0.3) is 0 Å². The van der Waals surface area contributed by atoms with E-state index in [4.69, 9.17) is 11.6 Å². The van der Waals surface area contributed by atoms with Crippen LogP contribution in [0.4, 0.5) is 4.39 Å². The van der Waals surface area contributed by atoms with Crippen molar-refractivity contribution in [2.45, 2.75) is 19.8 Å². The lowest BCUT2D eigenvalue weighted by atomic mass is 10.0. The van der Waals surface area contributed by atoms with E-state index < -0.39 is 5.82 Å². The van der Waals surface area contributed by atoms with Crippen molar-refractivity contribution in [2.24, 2.45) is 0 Å². The molecule has 1 aliphatic heterocycles. The highest BCUT2D eigenvalue weighted by Gasteiger charge is 2.21. The SMILES string of the molecule is Cc1c(CC(=O)N2CCC2)ccc(Cl)c1F. The van der Waals surface area contributed by atoms with Crippen molar-refractivity contribution in [1.29, 1.82) is 0 Å². The fourth-order valence-corrected chi connectivity index (χ4v) is 1.93. The topological polar surface area (TPSA) is 20.3 Å². The zero-order valence-corrected chi connectivity index (χ0v) is 9.85. The molecule has 0 unspecified atom stereocenters. The van der Waals surface area contributed by atoms with Crippen LogP contribution in [0, 0.1) is 12.7 Å². The zero-order chi connectivity index (χ0) is 11.7. The molecule has 0 N–H and O–H groups in total. The summed E-state index contributed by atoms with van der Waals surface area (Å²) in [5.74, 6) is -0.355. The van der Waals surface area contributed by atoms with E-state index in [0.29, 0.717) is 5.56 Å². The number of amides is 1. The predicted octanol–water partition coefficient (Wildman–Crippen LogP) is 2.56. The van der Waals surface area contributed by atoms with Crippen LogP contribution in [-0.2, 0) is 11.2 Å². The second kappa shape index (κ2) is 4.42. The Kier molecular flexibility index (Phi) is 3.15. The number of likely N-dealkylation sites (tertiary alicyclic amines) is 1. The summed E-state index contributed by atoms with van der Waals surface area (Å²) in [6.07, 6.45) is 1.33. The molecule has 0 aromatic heterocycles. The van der Waals surface area contributed by atoms with Crippen LogP contribution in [0.5, 0.6) is 0 Å². The van der Waals surface area contributed by atoms with Crippen molar-refractivity contribution in [1.82, 2.24) is 4.90 Å². The number of rotatable bonds is 2. The molecule has 2 nitrogen and oxygen atoms in total. The van der Waals surface area contributed by atoms with Crippen LogP contribution >= 0.6 is 11.6 Å². The van der Waals surface area contributed by atoms with E-state index in [1.54, 1.807) is 17.9 Å². The smallest absolute Gasteiger partial charge is 0.227 e. The number of hydrogen-bond acceptors (Lipinski definition) is 1. The standard InChI is InChI=1S/C12H13ClFNO/c1-8-9(3-4-10(13)12(8)14)7-11(16)15-5-2-6-15/h3-4H,2,5-7H2,1H3. The van der Waals surface area contributed by atoms with Gasteiger partial charge < -0.3 is 4.90 Å². The fraction of sp³-hybridized carbons (Fsp3) is 0.417. The van der Waals surface area contributed by atoms with Crippen molar-refractivity contribution >= 4 is 17.5 Å². The molecule has 0 radical (unpaired) electrons. The van der Waals surface area contributed by atoms with Gasteiger partial charge in [0.25, 0.3) is 0 Å². The highest BCUT2D eigenvalue weighted by atomic mass is 35.5. The lowest BCUT2D eigenvalue weighted by Crippen LogP contribution is -2.42. The van der Waals surface area contributed by atoms with Crippen molar-refractivity contribution in [3.8, 4) is 0 Å². The van der Waals surface area contributed by atoms with Crippen LogP contribution in [0.15, 0.2) is 12.1 Å². The van der Waals surface area contributed by atoms with E-state index in [1.807, 2.05) is 0 Å². The Labute approximate surface area is 99.0 Å². The Morgan fingerprint density at radius 1 is 1.50 bits per heavy atom. The molecule has 16 heavy (non-hydrogen) atoms. The molecule has 0 bridgehead atoms. The average Bonchev–Trinajstić information content (AvgIpc) is 2.16. The molecule has 0 aliphatic carbocycles. The van der Waals surface area contributed by atoms with Gasteiger partial charge in [0.05, 0.1) is 11.4 Å². The molecule has 2 rings (SSSR count). The molecule has 0 saturated carbocycles. The lowest BCUT2D eigenvalue weighted by molar-refractivity contribution is -0.133. The molecule has 1 amide bonds.